The van der Waals surface area contributed by atoms with Crippen molar-refractivity contribution in [1.82, 2.24) is 15.5 Å². The van der Waals surface area contributed by atoms with Gasteiger partial charge in [-0.25, -0.2) is 4.79 Å². The summed E-state index contributed by atoms with van der Waals surface area (Å²) < 4.78 is 10.9. The van der Waals surface area contributed by atoms with E-state index in [4.69, 9.17) is 15.2 Å². The van der Waals surface area contributed by atoms with Gasteiger partial charge in [0.2, 0.25) is 11.6 Å². The summed E-state index contributed by atoms with van der Waals surface area (Å²) in [4.78, 5) is 54.1. The first-order valence-electron chi connectivity index (χ1n) is 15.4. The summed E-state index contributed by atoms with van der Waals surface area (Å²) in [7, 11) is 1.46. The molecule has 2 aliphatic heterocycles. The summed E-state index contributed by atoms with van der Waals surface area (Å²) in [5, 5.41) is 16.8. The van der Waals surface area contributed by atoms with E-state index in [9.17, 15) is 24.3 Å². The van der Waals surface area contributed by atoms with Gasteiger partial charge >= 0.3 is 6.09 Å². The Labute approximate surface area is 260 Å². The van der Waals surface area contributed by atoms with Gasteiger partial charge in [-0.1, -0.05) is 38.2 Å². The quantitative estimate of drug-likeness (QED) is 0.261. The van der Waals surface area contributed by atoms with E-state index in [1.165, 1.54) is 19.3 Å². The molecule has 242 valence electrons. The van der Waals surface area contributed by atoms with Gasteiger partial charge in [0.15, 0.2) is 6.10 Å². The molecule has 2 heterocycles. The second kappa shape index (κ2) is 16.5. The fourth-order valence-corrected chi connectivity index (χ4v) is 5.76. The summed E-state index contributed by atoms with van der Waals surface area (Å²) in [5.41, 5.74) is 6.82. The zero-order chi connectivity index (χ0) is 32.4. The highest BCUT2D eigenvalue weighted by Crippen LogP contribution is 2.27. The van der Waals surface area contributed by atoms with E-state index in [1.54, 1.807) is 26.0 Å². The van der Waals surface area contributed by atoms with Crippen LogP contribution in [0.2, 0.25) is 0 Å². The van der Waals surface area contributed by atoms with Gasteiger partial charge in [-0.05, 0) is 70.5 Å². The van der Waals surface area contributed by atoms with Crippen LogP contribution in [0.5, 0.6) is 0 Å². The minimum atomic E-state index is -0.970. The molecule has 2 bridgehead atoms. The van der Waals surface area contributed by atoms with Crippen molar-refractivity contribution in [2.45, 2.75) is 78.1 Å². The Balaban J connectivity index is 1.94. The Hall–Kier alpha value is -3.54. The number of Topliss-reactive ketones (excluding diaryl/α,β-unsaturated/α-hetero) is 1. The number of ketones is 2. The molecule has 5 N–H and O–H groups in total. The van der Waals surface area contributed by atoms with Gasteiger partial charge in [-0.3, -0.25) is 14.4 Å². The van der Waals surface area contributed by atoms with Crippen molar-refractivity contribution in [3.05, 3.63) is 58.5 Å². The van der Waals surface area contributed by atoms with E-state index in [2.05, 4.69) is 15.5 Å². The molecule has 11 nitrogen and oxygen atoms in total. The number of allylic oxidation sites excluding steroid dienone is 4. The second-order valence-electron chi connectivity index (χ2n) is 12.1. The largest absolute Gasteiger partial charge is 0.439 e. The SMILES string of the molecule is CO[C@H]1/C=C\C=C(/C)C(=O)NC2=CC(=O)C(NCCN3CCCC3)=C(C[C@@H](C)CC[C@H](O)[C@@H](C)/C=C(\C)[C@@H]1OC(N)=O)C2=O. The van der Waals surface area contributed by atoms with Gasteiger partial charge in [0.1, 0.15) is 6.10 Å². The molecule has 11 heteroatoms. The highest BCUT2D eigenvalue weighted by atomic mass is 16.6. The lowest BCUT2D eigenvalue weighted by Gasteiger charge is -2.26. The zero-order valence-electron chi connectivity index (χ0n) is 26.6. The van der Waals surface area contributed by atoms with Gasteiger partial charge in [-0.2, -0.15) is 0 Å². The molecule has 0 saturated carbocycles. The van der Waals surface area contributed by atoms with E-state index >= 15 is 0 Å². The first-order valence-corrected chi connectivity index (χ1v) is 15.4. The van der Waals surface area contributed by atoms with Crippen LogP contribution in [0, 0.1) is 11.8 Å². The van der Waals surface area contributed by atoms with Crippen LogP contribution in [0.25, 0.3) is 0 Å². The molecule has 1 aliphatic carbocycles. The number of hydrogen-bond donors (Lipinski definition) is 4. The Morgan fingerprint density at radius 2 is 1.86 bits per heavy atom. The number of rotatable bonds is 6. The van der Waals surface area contributed by atoms with Gasteiger partial charge in [0.05, 0.1) is 17.5 Å². The molecule has 0 aromatic heterocycles. The summed E-state index contributed by atoms with van der Waals surface area (Å²) >= 11 is 0. The van der Waals surface area contributed by atoms with Crippen LogP contribution in [0.3, 0.4) is 0 Å². The number of amides is 2. The average Bonchev–Trinajstić information content (AvgIpc) is 3.49. The summed E-state index contributed by atoms with van der Waals surface area (Å²) in [6.45, 7) is 10.5. The van der Waals surface area contributed by atoms with Gasteiger partial charge in [0.25, 0.3) is 5.91 Å². The van der Waals surface area contributed by atoms with Crippen molar-refractivity contribution in [1.29, 1.82) is 0 Å². The predicted molar refractivity (Wildman–Crippen MR) is 167 cm³/mol. The molecule has 0 aromatic carbocycles. The molecular weight excluding hydrogens is 564 g/mol. The van der Waals surface area contributed by atoms with Crippen LogP contribution in [0.15, 0.2) is 58.5 Å². The number of primary amides is 1. The monoisotopic (exact) mass is 612 g/mol. The van der Waals surface area contributed by atoms with Crippen molar-refractivity contribution < 1.29 is 33.8 Å². The Morgan fingerprint density at radius 1 is 1.16 bits per heavy atom. The number of ether oxygens (including phenoxy) is 2. The number of aliphatic hydroxyl groups is 1. The number of nitrogens with two attached hydrogens (primary N) is 1. The number of likely N-dealkylation sites (tertiary alicyclic amines) is 1. The number of carbonyl (C=O) groups is 4. The van der Waals surface area contributed by atoms with E-state index in [0.717, 1.165) is 32.5 Å². The fourth-order valence-electron chi connectivity index (χ4n) is 5.76. The molecule has 3 aliphatic rings. The first kappa shape index (κ1) is 34.9. The van der Waals surface area contributed by atoms with Crippen molar-refractivity contribution in [2.75, 3.05) is 33.3 Å². The van der Waals surface area contributed by atoms with Crippen molar-refractivity contribution in [3.63, 3.8) is 0 Å². The molecule has 0 unspecified atom stereocenters. The minimum absolute atomic E-state index is 0.0455. The molecule has 5 atom stereocenters. The van der Waals surface area contributed by atoms with Crippen LogP contribution < -0.4 is 16.4 Å². The van der Waals surface area contributed by atoms with Crippen LogP contribution in [-0.2, 0) is 23.9 Å². The van der Waals surface area contributed by atoms with Crippen LogP contribution in [0.1, 0.15) is 59.8 Å². The lowest BCUT2D eigenvalue weighted by atomic mass is 9.86. The van der Waals surface area contributed by atoms with E-state index in [0.29, 0.717) is 37.0 Å². The van der Waals surface area contributed by atoms with Crippen molar-refractivity contribution in [3.8, 4) is 0 Å². The third kappa shape index (κ3) is 9.73. The van der Waals surface area contributed by atoms with E-state index in [-0.39, 0.29) is 34.6 Å². The molecule has 3 rings (SSSR count). The number of nitrogens with zero attached hydrogens (tertiary/aromatic N) is 1. The summed E-state index contributed by atoms with van der Waals surface area (Å²) in [6.07, 6.45) is 8.12. The highest BCUT2D eigenvalue weighted by molar-refractivity contribution is 6.23. The molecule has 2 amide bonds. The van der Waals surface area contributed by atoms with Crippen LogP contribution in [-0.4, -0.2) is 85.2 Å². The minimum Gasteiger partial charge on any atom is -0.439 e. The molecule has 1 fully saturated rings. The standard InChI is InChI=1S/C33H48N4O7/c1-20-11-12-26(38)22(3)18-23(4)31(44-33(34)42)28(43-5)10-8-9-21(2)32(41)36-25-19-27(39)29(24(17-20)30(25)40)35-13-16-37-14-6-7-15-37/h8-10,18-20,22,26,28,31,35,38H,6-7,11-17H2,1-5H3,(H2,34,42)(H,36,41)/b10-8-,21-9+,23-18+/t20-,22-,26-,28-,31-/m0/s1. The number of fused-ring (bicyclic) bond motifs is 2. The third-order valence-electron chi connectivity index (χ3n) is 8.43. The first-order chi connectivity index (χ1) is 20.9. The fraction of sp³-hybridized carbons (Fsp3) is 0.576. The smallest absolute Gasteiger partial charge is 0.405 e. The van der Waals surface area contributed by atoms with Crippen LogP contribution >= 0.6 is 0 Å². The summed E-state index contributed by atoms with van der Waals surface area (Å²) in [5.74, 6) is -1.62. The topological polar surface area (TPSA) is 160 Å². The third-order valence-corrected chi connectivity index (χ3v) is 8.43. The van der Waals surface area contributed by atoms with Crippen molar-refractivity contribution in [2.24, 2.45) is 17.6 Å². The molecular formula is C33H48N4O7. The Kier molecular flexibility index (Phi) is 13.1. The average molecular weight is 613 g/mol. The molecule has 0 spiro atoms. The van der Waals surface area contributed by atoms with Crippen LogP contribution in [0.4, 0.5) is 4.79 Å². The van der Waals surface area contributed by atoms with E-state index in [1.807, 2.05) is 19.9 Å². The second-order valence-corrected chi connectivity index (χ2v) is 12.1. The number of hydrogen-bond acceptors (Lipinski definition) is 9. The molecule has 44 heavy (non-hydrogen) atoms. The maximum atomic E-state index is 13.7. The lowest BCUT2D eigenvalue weighted by molar-refractivity contribution is -0.120. The van der Waals surface area contributed by atoms with Gasteiger partial charge in [0, 0.05) is 43.3 Å². The predicted octanol–water partition coefficient (Wildman–Crippen LogP) is 2.82. The highest BCUT2D eigenvalue weighted by Gasteiger charge is 2.31. The maximum Gasteiger partial charge on any atom is 0.405 e. The number of methoxy groups -OCH3 is 1. The lowest BCUT2D eigenvalue weighted by Crippen LogP contribution is -2.38. The number of aliphatic hydroxyl groups excluding tert-OH is 1. The van der Waals surface area contributed by atoms with Crippen molar-refractivity contribution >= 4 is 23.6 Å². The Morgan fingerprint density at radius 3 is 2.52 bits per heavy atom. The van der Waals surface area contributed by atoms with E-state index < -0.39 is 36.1 Å². The Bertz CT molecular complexity index is 1240. The summed E-state index contributed by atoms with van der Waals surface area (Å²) in [6, 6.07) is 0. The number of nitrogens with one attached hydrogen (secondary N) is 2. The van der Waals surface area contributed by atoms with Gasteiger partial charge in [-0.15, -0.1) is 0 Å². The van der Waals surface area contributed by atoms with Gasteiger partial charge < -0.3 is 35.8 Å². The maximum absolute atomic E-state index is 13.7. The molecule has 0 aromatic rings. The molecule has 0 radical (unpaired) electrons. The zero-order valence-corrected chi connectivity index (χ0v) is 26.6. The normalized spacial score (nSPS) is 31.4. The molecule has 1 saturated heterocycles. The number of carbonyl (C=O) groups excluding carboxylic acids is 4.